The van der Waals surface area contributed by atoms with Crippen molar-refractivity contribution in [3.8, 4) is 68.2 Å². The minimum absolute atomic E-state index is 0.145. The number of benzene rings is 7. The van der Waals surface area contributed by atoms with Gasteiger partial charge in [-0.1, -0.05) is 103 Å². The van der Waals surface area contributed by atoms with Crippen molar-refractivity contribution in [2.24, 2.45) is 17.4 Å². The van der Waals surface area contributed by atoms with Crippen molar-refractivity contribution in [3.05, 3.63) is 176 Å². The highest BCUT2D eigenvalue weighted by atomic mass is 35.5. The molecule has 3 fully saturated rings. The first-order valence-corrected chi connectivity index (χ1v) is 48.5. The number of aromatic hydroxyl groups is 3. The molecule has 26 N–H and O–H groups in total. The Bertz CT molecular complexity index is 6020. The maximum absolute atomic E-state index is 16.7. The number of likely N-dealkylation sites (N-methyl/N-ethyl adjacent to an activating group) is 1. The van der Waals surface area contributed by atoms with Gasteiger partial charge in [-0.15, -0.1) is 0 Å². The molecule has 11 bridgehead atoms. The second kappa shape index (κ2) is 43.5. The monoisotopic (exact) mass is 2060 g/mol. The van der Waals surface area contributed by atoms with Gasteiger partial charge in [0, 0.05) is 78.1 Å². The SMILES string of the molecule is CC(C)C[C@H](C(=O)N[C@H]1C(=O)N[C@@H](CC(N)=O)C(=O)N[C@H]2C(=O)N[C@H]3C(=O)N[C@H](C(=O)N[C@H](C(=O)O)c4cc(O)cc(O)c4-c4cc3ccc4O)[C@H](O[C@H]3C[C@](C)(N)[C@@H](O)[C@H](C)O3)c3ccc(c(Cl)c3)Oc3cc2cc(c3O[C@@H]2O[C@H](CO)[C@@H](O)[C@H](O)[C@H]2O[C@H]2C[C@](C)(NCc3ccc(-c4ccc(Cl)cc4)cc3)[C@@H](O)[C@H](C)O2)Oc2ccc(cc2Cl)[C@H]1O)N(C)C(=O)CCC(=O)NC(P(=O)(O)O)P(=O)(O)O. The highest BCUT2D eigenvalue weighted by Gasteiger charge is 2.54. The number of hydrogen-bond acceptors (Lipinski definition) is 31. The number of nitrogens with two attached hydrogens (primary N) is 2. The van der Waals surface area contributed by atoms with Crippen LogP contribution in [0.4, 0.5) is 0 Å². The van der Waals surface area contributed by atoms with Crippen LogP contribution in [0.1, 0.15) is 144 Å². The molecule has 45 nitrogen and oxygen atoms in total. The van der Waals surface area contributed by atoms with Crippen LogP contribution in [0.2, 0.25) is 15.1 Å². The number of carboxylic acids is 1. The Balaban J connectivity index is 0.992. The van der Waals surface area contributed by atoms with Crippen LogP contribution in [0.3, 0.4) is 0 Å². The molecule has 7 aromatic carbocycles. The number of rotatable bonds is 25. The van der Waals surface area contributed by atoms with Crippen molar-refractivity contribution in [3.63, 3.8) is 0 Å². The van der Waals surface area contributed by atoms with Crippen molar-refractivity contribution >= 4 is 109 Å². The van der Waals surface area contributed by atoms with Gasteiger partial charge in [0.1, 0.15) is 95.5 Å². The predicted octanol–water partition coefficient (Wildman–Crippen LogP) is 3.27. The molecule has 22 atom stereocenters. The third kappa shape index (κ3) is 24.4. The van der Waals surface area contributed by atoms with Gasteiger partial charge in [0.25, 0.3) is 0 Å². The maximum Gasteiger partial charge on any atom is 0.360 e. The van der Waals surface area contributed by atoms with Crippen LogP contribution in [-0.4, -0.2) is 257 Å². The van der Waals surface area contributed by atoms with Gasteiger partial charge in [0.2, 0.25) is 70.7 Å². The minimum Gasteiger partial charge on any atom is -0.508 e. The number of phenols is 3. The van der Waals surface area contributed by atoms with Crippen LogP contribution in [0.25, 0.3) is 22.3 Å². The Morgan fingerprint density at radius 1 is 0.631 bits per heavy atom. The number of carboxylic acid groups (broad SMARTS) is 1. The number of nitrogens with zero attached hydrogens (tertiary/aromatic N) is 1. The summed E-state index contributed by atoms with van der Waals surface area (Å²) in [7, 11) is -10.4. The number of phenolic OH excluding ortho intramolecular Hbond substituents is 3. The van der Waals surface area contributed by atoms with Gasteiger partial charge < -0.3 is 167 Å². The summed E-state index contributed by atoms with van der Waals surface area (Å²) in [6.07, 6.45) is -26.8. The summed E-state index contributed by atoms with van der Waals surface area (Å²) in [4.78, 5) is 189. The maximum atomic E-state index is 16.7. The van der Waals surface area contributed by atoms with E-state index in [1.807, 2.05) is 36.4 Å². The van der Waals surface area contributed by atoms with E-state index in [9.17, 15) is 98.9 Å². The third-order valence-electron chi connectivity index (χ3n) is 24.9. The van der Waals surface area contributed by atoms with Crippen LogP contribution in [0.15, 0.2) is 127 Å². The molecule has 15 rings (SSSR count). The first-order valence-electron chi connectivity index (χ1n) is 44.0. The molecule has 8 heterocycles. The molecule has 3 saturated heterocycles. The molecule has 0 radical (unpaired) electrons. The van der Waals surface area contributed by atoms with Crippen molar-refractivity contribution in [1.29, 1.82) is 0 Å². The van der Waals surface area contributed by atoms with E-state index in [1.165, 1.54) is 32.2 Å². The number of aliphatic carboxylic acids is 1. The van der Waals surface area contributed by atoms with Crippen LogP contribution < -0.4 is 68.2 Å². The summed E-state index contributed by atoms with van der Waals surface area (Å²) >= 11 is 20.9. The highest BCUT2D eigenvalue weighted by molar-refractivity contribution is 7.70. The van der Waals surface area contributed by atoms with E-state index in [2.05, 4.69) is 37.2 Å². The molecule has 9 amide bonds. The van der Waals surface area contributed by atoms with Crippen LogP contribution >= 0.6 is 50.0 Å². The first-order chi connectivity index (χ1) is 66.2. The molecular weight excluding hydrogens is 1960 g/mol. The summed E-state index contributed by atoms with van der Waals surface area (Å²) in [6, 6.07) is 11.6. The van der Waals surface area contributed by atoms with E-state index in [4.69, 9.17) is 84.2 Å². The zero-order chi connectivity index (χ0) is 103. The number of ether oxygens (including phenoxy) is 8. The Kier molecular flexibility index (Phi) is 33.0. The molecule has 50 heteroatoms. The van der Waals surface area contributed by atoms with Crippen LogP contribution in [0, 0.1) is 5.92 Å². The second-order valence-electron chi connectivity index (χ2n) is 36.0. The smallest absolute Gasteiger partial charge is 0.360 e. The molecule has 0 unspecified atom stereocenters. The van der Waals surface area contributed by atoms with Crippen molar-refractivity contribution in [1.82, 2.24) is 47.4 Å². The van der Waals surface area contributed by atoms with E-state index in [-0.39, 0.29) is 30.5 Å². The van der Waals surface area contributed by atoms with Crippen molar-refractivity contribution in [2.45, 2.75) is 225 Å². The van der Waals surface area contributed by atoms with Gasteiger partial charge >= 0.3 is 21.2 Å². The summed E-state index contributed by atoms with van der Waals surface area (Å²) in [6.45, 7) is 8.32. The Morgan fingerprint density at radius 2 is 1.21 bits per heavy atom. The van der Waals surface area contributed by atoms with Crippen LogP contribution in [0.5, 0.6) is 46.0 Å². The fourth-order valence-electron chi connectivity index (χ4n) is 17.4. The lowest BCUT2D eigenvalue weighted by Crippen LogP contribution is -2.65. The molecule has 0 aromatic heterocycles. The summed E-state index contributed by atoms with van der Waals surface area (Å²) in [5.41, 5.74) is 5.75. The average molecular weight is 2070 g/mol. The molecule has 760 valence electrons. The van der Waals surface area contributed by atoms with Gasteiger partial charge in [0.05, 0.1) is 47.5 Å². The van der Waals surface area contributed by atoms with Gasteiger partial charge in [0.15, 0.2) is 36.2 Å². The fourth-order valence-corrected chi connectivity index (χ4v) is 20.1. The molecule has 0 spiro atoms. The van der Waals surface area contributed by atoms with Gasteiger partial charge in [-0.05, 0) is 146 Å². The van der Waals surface area contributed by atoms with Crippen molar-refractivity contribution < 1.29 is 166 Å². The molecule has 7 aromatic rings. The molecule has 0 saturated carbocycles. The number of carbonyl (C=O) groups excluding carboxylic acids is 9. The lowest BCUT2D eigenvalue weighted by Gasteiger charge is -2.48. The summed E-state index contributed by atoms with van der Waals surface area (Å²) in [5, 5.41) is 137. The summed E-state index contributed by atoms with van der Waals surface area (Å²) in [5.74, 6) is -21.1. The second-order valence-corrected chi connectivity index (χ2v) is 41.1. The first kappa shape index (κ1) is 107. The largest absolute Gasteiger partial charge is 0.508 e. The normalized spacial score (nSPS) is 27.9. The van der Waals surface area contributed by atoms with E-state index < -0.39 is 335 Å². The number of amides is 9. The van der Waals surface area contributed by atoms with Crippen LogP contribution in [-0.2, 0) is 87.3 Å². The Morgan fingerprint density at radius 3 is 1.79 bits per heavy atom. The van der Waals surface area contributed by atoms with E-state index in [0.717, 1.165) is 101 Å². The minimum atomic E-state index is -5.74. The number of aliphatic hydroxyl groups is 6. The van der Waals surface area contributed by atoms with E-state index >= 15 is 28.8 Å². The topological polar surface area (TPSA) is 713 Å². The summed E-state index contributed by atoms with van der Waals surface area (Å²) < 4.78 is 76.9. The number of fused-ring (bicyclic) bond motifs is 15. The van der Waals surface area contributed by atoms with E-state index in [0.29, 0.717) is 5.02 Å². The molecule has 0 aliphatic carbocycles. The highest BCUT2D eigenvalue weighted by Crippen LogP contribution is 2.59. The third-order valence-corrected chi connectivity index (χ3v) is 29.1. The quantitative estimate of drug-likeness (QED) is 0.0365. The van der Waals surface area contributed by atoms with E-state index in [1.54, 1.807) is 32.9 Å². The number of primary amides is 1. The van der Waals surface area contributed by atoms with Gasteiger partial charge in [-0.3, -0.25) is 52.3 Å². The van der Waals surface area contributed by atoms with Gasteiger partial charge in [-0.2, -0.15) is 0 Å². The molecular formula is C91H106Cl3N11O34P2. The Labute approximate surface area is 818 Å². The molecule has 141 heavy (non-hydrogen) atoms. The van der Waals surface area contributed by atoms with Gasteiger partial charge in [-0.25, -0.2) is 4.79 Å². The number of hydrogen-bond donors (Lipinski definition) is 24. The molecule has 8 aliphatic heterocycles. The fraction of sp³-hybridized carbons (Fsp3) is 0.429. The lowest BCUT2D eigenvalue weighted by atomic mass is 9.84. The number of aliphatic hydroxyl groups excluding tert-OH is 6. The predicted molar refractivity (Wildman–Crippen MR) is 494 cm³/mol. The zero-order valence-electron chi connectivity index (χ0n) is 76.0. The number of halogens is 3. The Hall–Kier alpha value is -11.3. The average Bonchev–Trinajstić information content (AvgIpc) is 0.728. The number of carbonyl (C=O) groups is 10. The van der Waals surface area contributed by atoms with Crippen molar-refractivity contribution in [2.75, 3.05) is 13.7 Å². The standard InChI is InChI=1S/C91H106Cl3N11O34P2/c1-37(2)24-54(105(7)64(112)23-22-63(111)99-89(140(126,127)128)141(129,130)131)82(119)103-71-73(113)44-15-20-57(51(93)26-44)134-59-28-46-29-60(77(59)139-88-78(75(115)74(114)61(36-106)136-88)138-66-34-91(6,80(117)39(4)133-66)97-35-40-8-10-41(11-9-40)42-12-17-47(92)18-13-42)135-58-21-16-45(27-52(58)94)76(137-65-33-90(5,96)79(116)38(3)132-65)72-86(123)102-70(87(124)125)50-30-48(107)31-56(109)67(50)49-25-43(14-19-55(49)108)68(83(120)104-72)101-84(121)69(46)100-81(118)53(32-62(95)110)98-85(71)122/h8-21,25-31,37-39,53-54,61,65-66,68-76,78-80,88-89,97,106-109,113-117H,22-24,32-36,96H2,1-7H3,(H2,95,110)(H,98,122)(H,99,111)(H,100,118)(H,101,121)(H,102,123)(H,103,119)(H,104,120)(H,124,125)(H2,126,127,128)(H2,129,130,131)/t38-,39-,53-,54+,61+,65-,66-,68+,69+,70-,71+,72-,73+,74+,75-,76+,78+,79-,80-,88-,90-,91-/m0/s1. The zero-order valence-corrected chi connectivity index (χ0v) is 80.1. The number of nitrogens with one attached hydrogen (secondary N) is 8. The lowest BCUT2D eigenvalue weighted by molar-refractivity contribution is -0.334. The molecule has 8 aliphatic rings.